The number of hydrogen-bond donors (Lipinski definition) is 3. The van der Waals surface area contributed by atoms with Crippen LogP contribution >= 0.6 is 0 Å². The average Bonchev–Trinajstić information content (AvgIpc) is 3.50. The highest BCUT2D eigenvalue weighted by Crippen LogP contribution is 2.33. The summed E-state index contributed by atoms with van der Waals surface area (Å²) in [5.41, 5.74) is 13.3. The summed E-state index contributed by atoms with van der Waals surface area (Å²) in [5.74, 6) is -0.0620. The van der Waals surface area contributed by atoms with E-state index >= 15 is 0 Å². The number of carbonyl (C=O) groups excluding carboxylic acids is 2. The number of ether oxygens (including phenoxy) is 1. The molecule has 5 N–H and O–H groups in total. The number of urea groups is 1. The van der Waals surface area contributed by atoms with Crippen molar-refractivity contribution in [3.63, 3.8) is 0 Å². The van der Waals surface area contributed by atoms with Crippen LogP contribution in [0.1, 0.15) is 30.4 Å². The van der Waals surface area contributed by atoms with Gasteiger partial charge in [0.2, 0.25) is 0 Å². The largest absolute Gasteiger partial charge is 0.456 e. The smallest absolute Gasteiger partial charge is 0.341 e. The molecular formula is C30H30N6O5S. The molecule has 1 unspecified atom stereocenters. The average molecular weight is 587 g/mol. The van der Waals surface area contributed by atoms with Crippen molar-refractivity contribution in [2.45, 2.75) is 36.6 Å². The van der Waals surface area contributed by atoms with E-state index in [2.05, 4.69) is 4.98 Å². The highest BCUT2D eigenvalue weighted by atomic mass is 32.2. The molecule has 0 radical (unpaired) electrons. The van der Waals surface area contributed by atoms with Crippen molar-refractivity contribution >= 4 is 38.6 Å². The molecule has 1 aliphatic heterocycles. The Kier molecular flexibility index (Phi) is 8.15. The zero-order valence-corrected chi connectivity index (χ0v) is 23.5. The fourth-order valence-corrected chi connectivity index (χ4v) is 6.53. The molecule has 1 aromatic heterocycles. The van der Waals surface area contributed by atoms with E-state index in [9.17, 15) is 23.3 Å². The number of anilines is 1. The quantitative estimate of drug-likeness (QED) is 0.134. The van der Waals surface area contributed by atoms with Crippen LogP contribution in [0.5, 0.6) is 11.5 Å². The van der Waals surface area contributed by atoms with Crippen LogP contribution in [0.25, 0.3) is 10.9 Å². The molecule has 0 bridgehead atoms. The van der Waals surface area contributed by atoms with Crippen LogP contribution in [0.3, 0.4) is 0 Å². The van der Waals surface area contributed by atoms with E-state index in [0.717, 1.165) is 28.3 Å². The highest BCUT2D eigenvalue weighted by Gasteiger charge is 2.51. The van der Waals surface area contributed by atoms with Gasteiger partial charge < -0.3 is 21.2 Å². The lowest BCUT2D eigenvalue weighted by molar-refractivity contribution is -0.127. The number of rotatable bonds is 11. The third-order valence-corrected chi connectivity index (χ3v) is 8.94. The first-order valence-corrected chi connectivity index (χ1v) is 14.9. The van der Waals surface area contributed by atoms with Crippen molar-refractivity contribution in [2.24, 2.45) is 5.73 Å². The molecule has 11 nitrogen and oxygen atoms in total. The molecule has 12 heteroatoms. The van der Waals surface area contributed by atoms with Gasteiger partial charge in [-0.2, -0.15) is 5.26 Å². The number of fused-ring (bicyclic) bond motifs is 1. The molecule has 1 atom stereocenters. The van der Waals surface area contributed by atoms with Gasteiger partial charge in [-0.05, 0) is 73.5 Å². The van der Waals surface area contributed by atoms with Gasteiger partial charge in [0.25, 0.3) is 15.9 Å². The number of unbranched alkanes of at least 4 members (excludes halogenated alkanes) is 2. The minimum atomic E-state index is -4.55. The molecule has 0 aliphatic carbocycles. The predicted octanol–water partition coefficient (Wildman–Crippen LogP) is 4.11. The number of nitrogens with one attached hydrogen (secondary N) is 1. The third-order valence-electron chi connectivity index (χ3n) is 7.16. The topological polar surface area (TPSA) is 176 Å². The molecule has 4 aromatic rings. The van der Waals surface area contributed by atoms with Crippen molar-refractivity contribution in [1.29, 1.82) is 5.26 Å². The highest BCUT2D eigenvalue weighted by molar-refractivity contribution is 7.89. The molecule has 0 saturated carbocycles. The van der Waals surface area contributed by atoms with Crippen LogP contribution in [-0.2, 0) is 21.2 Å². The van der Waals surface area contributed by atoms with Gasteiger partial charge in [-0.3, -0.25) is 9.69 Å². The lowest BCUT2D eigenvalue weighted by atomic mass is 10.0. The normalized spacial score (nSPS) is 15.4. The Balaban J connectivity index is 1.49. The number of nitriles is 1. The maximum atomic E-state index is 14.0. The lowest BCUT2D eigenvalue weighted by Gasteiger charge is -2.22. The van der Waals surface area contributed by atoms with Crippen molar-refractivity contribution < 1.29 is 22.7 Å². The Bertz CT molecular complexity index is 1780. The summed E-state index contributed by atoms with van der Waals surface area (Å²) in [6, 6.07) is 17.4. The number of nitrogens with zero attached hydrogens (tertiary/aromatic N) is 3. The van der Waals surface area contributed by atoms with Crippen LogP contribution in [-0.4, -0.2) is 53.7 Å². The van der Waals surface area contributed by atoms with Crippen LogP contribution in [0.15, 0.2) is 77.8 Å². The van der Waals surface area contributed by atoms with Crippen molar-refractivity contribution in [3.8, 4) is 17.6 Å². The maximum absolute atomic E-state index is 14.0. The lowest BCUT2D eigenvalue weighted by Crippen LogP contribution is -2.41. The van der Waals surface area contributed by atoms with Crippen LogP contribution in [0.2, 0.25) is 0 Å². The number of para-hydroxylation sites is 1. The van der Waals surface area contributed by atoms with Crippen LogP contribution in [0.4, 0.5) is 10.5 Å². The predicted molar refractivity (Wildman–Crippen MR) is 157 cm³/mol. The van der Waals surface area contributed by atoms with Crippen molar-refractivity contribution in [1.82, 2.24) is 14.2 Å². The van der Waals surface area contributed by atoms with E-state index < -0.39 is 28.0 Å². The summed E-state index contributed by atoms with van der Waals surface area (Å²) in [6.07, 6.45) is 3.61. The minimum Gasteiger partial charge on any atom is -0.456 e. The molecule has 0 spiro atoms. The molecule has 2 heterocycles. The second-order valence-corrected chi connectivity index (χ2v) is 11.8. The van der Waals surface area contributed by atoms with E-state index in [-0.39, 0.29) is 29.2 Å². The molecule has 1 saturated heterocycles. The SMILES string of the molecule is N#Cc1cc(S(=O)(=O)N2C(=O)N(CCCCCN)C(=O)C2Cc2c[nH]c3ccccc23)ccc1Oc1ccc(N)cc1. The first-order chi connectivity index (χ1) is 20.2. The monoisotopic (exact) mass is 586 g/mol. The van der Waals surface area contributed by atoms with Crippen molar-refractivity contribution in [3.05, 3.63) is 84.1 Å². The summed E-state index contributed by atoms with van der Waals surface area (Å²) < 4.78 is 34.5. The van der Waals surface area contributed by atoms with E-state index in [1.54, 1.807) is 30.5 Å². The summed E-state index contributed by atoms with van der Waals surface area (Å²) >= 11 is 0. The molecule has 42 heavy (non-hydrogen) atoms. The van der Waals surface area contributed by atoms with E-state index in [0.29, 0.717) is 40.7 Å². The molecule has 5 rings (SSSR count). The second kappa shape index (κ2) is 11.9. The first kappa shape index (κ1) is 28.7. The number of sulfonamides is 1. The molecular weight excluding hydrogens is 556 g/mol. The number of imide groups is 1. The zero-order chi connectivity index (χ0) is 29.9. The van der Waals surface area contributed by atoms with Crippen molar-refractivity contribution in [2.75, 3.05) is 18.8 Å². The summed E-state index contributed by atoms with van der Waals surface area (Å²) in [4.78, 5) is 31.1. The van der Waals surface area contributed by atoms with Gasteiger partial charge in [0.1, 0.15) is 23.6 Å². The fourth-order valence-electron chi connectivity index (χ4n) is 5.00. The number of amides is 3. The number of hydrogen-bond acceptors (Lipinski definition) is 8. The summed E-state index contributed by atoms with van der Waals surface area (Å²) in [5, 5.41) is 10.6. The minimum absolute atomic E-state index is 0.0173. The number of nitrogen functional groups attached to an aromatic ring is 1. The Morgan fingerprint density at radius 1 is 1.00 bits per heavy atom. The summed E-state index contributed by atoms with van der Waals surface area (Å²) in [7, 11) is -4.55. The second-order valence-electron chi connectivity index (χ2n) is 9.94. The summed E-state index contributed by atoms with van der Waals surface area (Å²) in [6.45, 7) is 0.552. The number of nitrogens with two attached hydrogens (primary N) is 2. The van der Waals surface area contributed by atoms with E-state index in [1.807, 2.05) is 30.3 Å². The Morgan fingerprint density at radius 3 is 2.50 bits per heavy atom. The Morgan fingerprint density at radius 2 is 1.76 bits per heavy atom. The fraction of sp³-hybridized carbons (Fsp3) is 0.233. The molecule has 1 fully saturated rings. The molecule has 3 amide bonds. The van der Waals surface area contributed by atoms with Crippen LogP contribution < -0.4 is 16.2 Å². The van der Waals surface area contributed by atoms with Gasteiger partial charge in [-0.1, -0.05) is 24.6 Å². The zero-order valence-electron chi connectivity index (χ0n) is 22.7. The maximum Gasteiger partial charge on any atom is 0.341 e. The Labute approximate surface area is 243 Å². The Hall–Kier alpha value is -4.86. The van der Waals surface area contributed by atoms with Gasteiger partial charge in [0.15, 0.2) is 0 Å². The van der Waals surface area contributed by atoms with Gasteiger partial charge in [-0.25, -0.2) is 17.5 Å². The first-order valence-electron chi connectivity index (χ1n) is 13.5. The van der Waals surface area contributed by atoms with Gasteiger partial charge in [-0.15, -0.1) is 0 Å². The number of H-pyrrole nitrogens is 1. The molecule has 3 aromatic carbocycles. The number of aromatic amines is 1. The number of carbonyl (C=O) groups is 2. The van der Waals surface area contributed by atoms with Gasteiger partial charge >= 0.3 is 6.03 Å². The molecule has 216 valence electrons. The van der Waals surface area contributed by atoms with Gasteiger partial charge in [0, 0.05) is 35.8 Å². The van der Waals surface area contributed by atoms with E-state index in [4.69, 9.17) is 16.2 Å². The number of benzene rings is 3. The number of aromatic nitrogens is 1. The van der Waals surface area contributed by atoms with Crippen LogP contribution in [0, 0.1) is 11.3 Å². The standard InChI is InChI=1S/C30H30N6O5S/c31-14-4-1-5-15-35-29(37)27(17-21-19-34-26-7-3-2-6-25(21)26)36(30(35)38)42(39,40)24-12-13-28(20(16-24)18-32)41-23-10-8-22(33)9-11-23/h2-3,6-13,16,19,27,34H,1,4-5,14-15,17,31,33H2. The molecule has 1 aliphatic rings. The van der Waals surface area contributed by atoms with Gasteiger partial charge in [0.05, 0.1) is 10.5 Å². The third kappa shape index (κ3) is 5.52. The van der Waals surface area contributed by atoms with E-state index in [1.165, 1.54) is 12.1 Å².